The van der Waals surface area contributed by atoms with E-state index >= 15 is 0 Å². The zero-order valence-electron chi connectivity index (χ0n) is 11.0. The van der Waals surface area contributed by atoms with Gasteiger partial charge in [-0.1, -0.05) is 6.07 Å². The second kappa shape index (κ2) is 6.61. The molecule has 0 atom stereocenters. The van der Waals surface area contributed by atoms with Gasteiger partial charge in [-0.2, -0.15) is 0 Å². The van der Waals surface area contributed by atoms with Gasteiger partial charge < -0.3 is 15.2 Å². The normalized spacial score (nSPS) is 17.7. The zero-order chi connectivity index (χ0) is 12.8. The molecule has 100 valence electrons. The van der Waals surface area contributed by atoms with Crippen molar-refractivity contribution < 1.29 is 9.47 Å². The predicted molar refractivity (Wildman–Crippen MR) is 72.1 cm³/mol. The largest absolute Gasteiger partial charge is 0.497 e. The lowest BCUT2D eigenvalue weighted by Gasteiger charge is -2.29. The highest BCUT2D eigenvalue weighted by Crippen LogP contribution is 2.18. The molecule has 18 heavy (non-hydrogen) atoms. The van der Waals surface area contributed by atoms with Crippen molar-refractivity contribution in [2.75, 3.05) is 33.4 Å². The van der Waals surface area contributed by atoms with E-state index in [0.717, 1.165) is 44.0 Å². The van der Waals surface area contributed by atoms with Gasteiger partial charge in [0, 0.05) is 18.7 Å². The minimum absolute atomic E-state index is 0.389. The first-order valence-electron chi connectivity index (χ1n) is 6.53. The van der Waals surface area contributed by atoms with Gasteiger partial charge in [-0.05, 0) is 38.1 Å². The van der Waals surface area contributed by atoms with Crippen LogP contribution in [-0.4, -0.2) is 44.3 Å². The summed E-state index contributed by atoms with van der Waals surface area (Å²) in [6, 6.07) is 8.11. The van der Waals surface area contributed by atoms with Crippen molar-refractivity contribution in [1.29, 1.82) is 0 Å². The van der Waals surface area contributed by atoms with Crippen LogP contribution < -0.4 is 15.2 Å². The summed E-state index contributed by atoms with van der Waals surface area (Å²) in [4.78, 5) is 2.41. The molecule has 1 aromatic rings. The van der Waals surface area contributed by atoms with E-state index in [1.807, 2.05) is 24.3 Å². The molecule has 1 saturated heterocycles. The van der Waals surface area contributed by atoms with Crippen molar-refractivity contribution in [3.8, 4) is 11.5 Å². The molecule has 0 radical (unpaired) electrons. The Morgan fingerprint density at radius 3 is 2.72 bits per heavy atom. The maximum Gasteiger partial charge on any atom is 0.123 e. The lowest BCUT2D eigenvalue weighted by Crippen LogP contribution is -2.41. The summed E-state index contributed by atoms with van der Waals surface area (Å²) < 4.78 is 10.9. The second-order valence-corrected chi connectivity index (χ2v) is 4.71. The topological polar surface area (TPSA) is 47.7 Å². The summed E-state index contributed by atoms with van der Waals surface area (Å²) in [5.41, 5.74) is 5.88. The fraction of sp³-hybridized carbons (Fsp3) is 0.571. The molecule has 0 bridgehead atoms. The van der Waals surface area contributed by atoms with E-state index in [4.69, 9.17) is 15.2 Å². The zero-order valence-corrected chi connectivity index (χ0v) is 11.0. The number of hydrogen-bond acceptors (Lipinski definition) is 4. The fourth-order valence-electron chi connectivity index (χ4n) is 2.16. The average molecular weight is 250 g/mol. The Morgan fingerprint density at radius 2 is 2.00 bits per heavy atom. The Hall–Kier alpha value is -1.26. The minimum Gasteiger partial charge on any atom is -0.497 e. The first kappa shape index (κ1) is 13.2. The van der Waals surface area contributed by atoms with E-state index in [0.29, 0.717) is 12.6 Å². The molecule has 4 heteroatoms. The van der Waals surface area contributed by atoms with Crippen LogP contribution in [0.1, 0.15) is 12.8 Å². The van der Waals surface area contributed by atoms with Gasteiger partial charge in [-0.15, -0.1) is 0 Å². The first-order valence-corrected chi connectivity index (χ1v) is 6.53. The number of ether oxygens (including phenoxy) is 2. The highest BCUT2D eigenvalue weighted by Gasteiger charge is 2.15. The van der Waals surface area contributed by atoms with Crippen LogP contribution in [-0.2, 0) is 0 Å². The standard InChI is InChI=1S/C14H22N2O2/c1-17-13-3-2-4-14(11-13)18-10-9-16-7-5-12(15)6-8-16/h2-4,11-12H,5-10,15H2,1H3. The molecule has 1 aliphatic heterocycles. The number of piperidine rings is 1. The van der Waals surface area contributed by atoms with Gasteiger partial charge in [0.2, 0.25) is 0 Å². The van der Waals surface area contributed by atoms with Crippen molar-refractivity contribution >= 4 is 0 Å². The molecular weight excluding hydrogens is 228 g/mol. The molecule has 0 saturated carbocycles. The number of nitrogens with two attached hydrogens (primary N) is 1. The van der Waals surface area contributed by atoms with Gasteiger partial charge in [-0.25, -0.2) is 0 Å². The van der Waals surface area contributed by atoms with E-state index in [-0.39, 0.29) is 0 Å². The number of methoxy groups -OCH3 is 1. The Balaban J connectivity index is 1.71. The van der Waals surface area contributed by atoms with Crippen LogP contribution in [0, 0.1) is 0 Å². The Morgan fingerprint density at radius 1 is 1.28 bits per heavy atom. The highest BCUT2D eigenvalue weighted by atomic mass is 16.5. The van der Waals surface area contributed by atoms with E-state index in [2.05, 4.69) is 4.90 Å². The van der Waals surface area contributed by atoms with Crippen molar-refractivity contribution in [2.45, 2.75) is 18.9 Å². The minimum atomic E-state index is 0.389. The maximum absolute atomic E-state index is 5.88. The van der Waals surface area contributed by atoms with E-state index in [1.54, 1.807) is 7.11 Å². The fourth-order valence-corrected chi connectivity index (χ4v) is 2.16. The summed E-state index contributed by atoms with van der Waals surface area (Å²) in [6.07, 6.45) is 2.19. The molecule has 4 nitrogen and oxygen atoms in total. The molecule has 0 unspecified atom stereocenters. The van der Waals surface area contributed by atoms with Gasteiger partial charge in [-0.3, -0.25) is 4.90 Å². The quantitative estimate of drug-likeness (QED) is 0.860. The van der Waals surface area contributed by atoms with Crippen LogP contribution in [0.4, 0.5) is 0 Å². The molecule has 2 N–H and O–H groups in total. The number of hydrogen-bond donors (Lipinski definition) is 1. The van der Waals surface area contributed by atoms with Crippen LogP contribution in [0.25, 0.3) is 0 Å². The molecule has 0 spiro atoms. The second-order valence-electron chi connectivity index (χ2n) is 4.71. The smallest absolute Gasteiger partial charge is 0.123 e. The molecule has 1 fully saturated rings. The summed E-state index contributed by atoms with van der Waals surface area (Å²) in [7, 11) is 1.66. The Labute approximate surface area is 109 Å². The third kappa shape index (κ3) is 3.89. The SMILES string of the molecule is COc1cccc(OCCN2CCC(N)CC2)c1. The summed E-state index contributed by atoms with van der Waals surface area (Å²) >= 11 is 0. The first-order chi connectivity index (χ1) is 8.78. The monoisotopic (exact) mass is 250 g/mol. The van der Waals surface area contributed by atoms with Gasteiger partial charge in [0.05, 0.1) is 7.11 Å². The van der Waals surface area contributed by atoms with Gasteiger partial charge >= 0.3 is 0 Å². The number of nitrogens with zero attached hydrogens (tertiary/aromatic N) is 1. The third-order valence-electron chi connectivity index (χ3n) is 3.35. The molecule has 1 aromatic carbocycles. The summed E-state index contributed by atoms with van der Waals surface area (Å²) in [6.45, 7) is 3.84. The molecule has 1 heterocycles. The molecular formula is C14H22N2O2. The molecule has 0 amide bonds. The molecule has 0 aromatic heterocycles. The van der Waals surface area contributed by atoms with E-state index in [1.165, 1.54) is 0 Å². The molecule has 0 aliphatic carbocycles. The van der Waals surface area contributed by atoms with Crippen LogP contribution in [0.15, 0.2) is 24.3 Å². The van der Waals surface area contributed by atoms with Crippen molar-refractivity contribution in [3.05, 3.63) is 24.3 Å². The average Bonchev–Trinajstić information content (AvgIpc) is 2.41. The predicted octanol–water partition coefficient (Wildman–Crippen LogP) is 1.50. The lowest BCUT2D eigenvalue weighted by molar-refractivity contribution is 0.174. The van der Waals surface area contributed by atoms with Crippen LogP contribution >= 0.6 is 0 Å². The number of rotatable bonds is 5. The van der Waals surface area contributed by atoms with Crippen LogP contribution in [0.5, 0.6) is 11.5 Å². The van der Waals surface area contributed by atoms with E-state index in [9.17, 15) is 0 Å². The number of benzene rings is 1. The lowest BCUT2D eigenvalue weighted by atomic mass is 10.1. The Kier molecular flexibility index (Phi) is 4.84. The highest BCUT2D eigenvalue weighted by molar-refractivity contribution is 5.32. The Bertz CT molecular complexity index is 363. The van der Waals surface area contributed by atoms with Gasteiger partial charge in [0.25, 0.3) is 0 Å². The van der Waals surface area contributed by atoms with Crippen molar-refractivity contribution in [1.82, 2.24) is 4.90 Å². The summed E-state index contributed by atoms with van der Waals surface area (Å²) in [5, 5.41) is 0. The van der Waals surface area contributed by atoms with Crippen molar-refractivity contribution in [3.63, 3.8) is 0 Å². The number of likely N-dealkylation sites (tertiary alicyclic amines) is 1. The molecule has 2 rings (SSSR count). The van der Waals surface area contributed by atoms with E-state index < -0.39 is 0 Å². The third-order valence-corrected chi connectivity index (χ3v) is 3.35. The maximum atomic E-state index is 5.88. The van der Waals surface area contributed by atoms with Gasteiger partial charge in [0.1, 0.15) is 18.1 Å². The van der Waals surface area contributed by atoms with Gasteiger partial charge in [0.15, 0.2) is 0 Å². The molecule has 1 aliphatic rings. The summed E-state index contributed by atoms with van der Waals surface area (Å²) in [5.74, 6) is 1.69. The van der Waals surface area contributed by atoms with Crippen LogP contribution in [0.2, 0.25) is 0 Å². The van der Waals surface area contributed by atoms with Crippen molar-refractivity contribution in [2.24, 2.45) is 5.73 Å². The van der Waals surface area contributed by atoms with Crippen LogP contribution in [0.3, 0.4) is 0 Å².